The van der Waals surface area contributed by atoms with Crippen molar-refractivity contribution in [3.63, 3.8) is 0 Å². The van der Waals surface area contributed by atoms with Crippen molar-refractivity contribution < 1.29 is 0 Å². The van der Waals surface area contributed by atoms with E-state index in [0.717, 1.165) is 12.1 Å². The Hall–Kier alpha value is -1.50. The first-order chi connectivity index (χ1) is 8.12. The second-order valence-electron chi connectivity index (χ2n) is 4.48. The SMILES string of the molecule is C=C/C(=C/c1cc(NC)ccc1C)C(C)CC. The molecule has 1 aromatic carbocycles. The molecule has 1 rings (SSSR count). The van der Waals surface area contributed by atoms with Crippen LogP contribution in [0.25, 0.3) is 6.08 Å². The maximum absolute atomic E-state index is 3.91. The molecule has 0 fully saturated rings. The lowest BCUT2D eigenvalue weighted by molar-refractivity contribution is 0.674. The first kappa shape index (κ1) is 13.6. The van der Waals surface area contributed by atoms with Crippen LogP contribution in [0.15, 0.2) is 36.4 Å². The van der Waals surface area contributed by atoms with E-state index in [1.807, 2.05) is 13.1 Å². The summed E-state index contributed by atoms with van der Waals surface area (Å²) in [5, 5.41) is 3.17. The van der Waals surface area contributed by atoms with E-state index in [2.05, 4.69) is 56.9 Å². The first-order valence-corrected chi connectivity index (χ1v) is 6.24. The van der Waals surface area contributed by atoms with Gasteiger partial charge in [0.1, 0.15) is 0 Å². The number of rotatable bonds is 5. The van der Waals surface area contributed by atoms with E-state index >= 15 is 0 Å². The zero-order valence-corrected chi connectivity index (χ0v) is 11.4. The topological polar surface area (TPSA) is 12.0 Å². The van der Waals surface area contributed by atoms with Crippen LogP contribution in [0.1, 0.15) is 31.4 Å². The molecule has 1 heteroatoms. The average Bonchev–Trinajstić information content (AvgIpc) is 2.36. The smallest absolute Gasteiger partial charge is 0.0343 e. The van der Waals surface area contributed by atoms with Crippen LogP contribution in [0, 0.1) is 12.8 Å². The standard InChI is InChI=1S/C16H23N/c1-6-12(3)14(7-2)10-15-11-16(17-5)9-8-13(15)4/h7-12,17H,2,6H2,1,3-5H3/b14-10-. The Morgan fingerprint density at radius 3 is 2.71 bits per heavy atom. The van der Waals surface area contributed by atoms with Crippen molar-refractivity contribution in [3.05, 3.63) is 47.6 Å². The lowest BCUT2D eigenvalue weighted by Crippen LogP contribution is -1.96. The van der Waals surface area contributed by atoms with Crippen molar-refractivity contribution in [1.29, 1.82) is 0 Å². The summed E-state index contributed by atoms with van der Waals surface area (Å²) >= 11 is 0. The zero-order chi connectivity index (χ0) is 12.8. The summed E-state index contributed by atoms with van der Waals surface area (Å²) in [6, 6.07) is 6.43. The van der Waals surface area contributed by atoms with Crippen LogP contribution in [0.3, 0.4) is 0 Å². The molecular weight excluding hydrogens is 206 g/mol. The van der Waals surface area contributed by atoms with E-state index in [0.29, 0.717) is 5.92 Å². The van der Waals surface area contributed by atoms with Crippen molar-refractivity contribution in [3.8, 4) is 0 Å². The van der Waals surface area contributed by atoms with Crippen LogP contribution in [0.2, 0.25) is 0 Å². The highest BCUT2D eigenvalue weighted by Crippen LogP contribution is 2.22. The van der Waals surface area contributed by atoms with Crippen LogP contribution in [0.4, 0.5) is 5.69 Å². The number of hydrogen-bond acceptors (Lipinski definition) is 1. The molecule has 0 aliphatic rings. The Labute approximate surface area is 105 Å². The second-order valence-corrected chi connectivity index (χ2v) is 4.48. The molecule has 1 atom stereocenters. The minimum Gasteiger partial charge on any atom is -0.388 e. The lowest BCUT2D eigenvalue weighted by Gasteiger charge is -2.12. The van der Waals surface area contributed by atoms with Gasteiger partial charge in [-0.1, -0.05) is 38.6 Å². The molecule has 1 unspecified atom stereocenters. The van der Waals surface area contributed by atoms with E-state index in [-0.39, 0.29) is 0 Å². The largest absolute Gasteiger partial charge is 0.388 e. The van der Waals surface area contributed by atoms with Crippen LogP contribution in [-0.2, 0) is 0 Å². The quantitative estimate of drug-likeness (QED) is 0.724. The minimum absolute atomic E-state index is 0.560. The van der Waals surface area contributed by atoms with E-state index in [1.165, 1.54) is 16.7 Å². The van der Waals surface area contributed by atoms with Gasteiger partial charge in [0.25, 0.3) is 0 Å². The van der Waals surface area contributed by atoms with Gasteiger partial charge in [-0.3, -0.25) is 0 Å². The number of benzene rings is 1. The zero-order valence-electron chi connectivity index (χ0n) is 11.4. The molecule has 0 amide bonds. The summed E-state index contributed by atoms with van der Waals surface area (Å²) in [7, 11) is 1.95. The Kier molecular flexibility index (Phi) is 5.02. The predicted molar refractivity (Wildman–Crippen MR) is 78.4 cm³/mol. The maximum atomic E-state index is 3.91. The molecule has 1 aromatic rings. The molecule has 0 saturated heterocycles. The summed E-state index contributed by atoms with van der Waals surface area (Å²) in [5.74, 6) is 0.560. The van der Waals surface area contributed by atoms with Gasteiger partial charge >= 0.3 is 0 Å². The molecule has 0 heterocycles. The van der Waals surface area contributed by atoms with Crippen LogP contribution < -0.4 is 5.32 Å². The molecule has 0 bridgehead atoms. The van der Waals surface area contributed by atoms with Gasteiger partial charge in [0.05, 0.1) is 0 Å². The van der Waals surface area contributed by atoms with Crippen molar-refractivity contribution in [1.82, 2.24) is 0 Å². The van der Waals surface area contributed by atoms with Gasteiger partial charge in [-0.25, -0.2) is 0 Å². The molecule has 0 aromatic heterocycles. The van der Waals surface area contributed by atoms with Gasteiger partial charge < -0.3 is 5.32 Å². The Balaban J connectivity index is 3.14. The highest BCUT2D eigenvalue weighted by Gasteiger charge is 2.04. The van der Waals surface area contributed by atoms with Gasteiger partial charge in [-0.2, -0.15) is 0 Å². The van der Waals surface area contributed by atoms with Crippen molar-refractivity contribution in [2.45, 2.75) is 27.2 Å². The van der Waals surface area contributed by atoms with Crippen LogP contribution in [-0.4, -0.2) is 7.05 Å². The van der Waals surface area contributed by atoms with Gasteiger partial charge in [0, 0.05) is 12.7 Å². The van der Waals surface area contributed by atoms with Crippen molar-refractivity contribution >= 4 is 11.8 Å². The lowest BCUT2D eigenvalue weighted by atomic mass is 9.95. The summed E-state index contributed by atoms with van der Waals surface area (Å²) in [6.07, 6.45) is 5.36. The van der Waals surface area contributed by atoms with Crippen LogP contribution >= 0.6 is 0 Å². The van der Waals surface area contributed by atoms with Gasteiger partial charge in [0.2, 0.25) is 0 Å². The molecule has 1 N–H and O–H groups in total. The third-order valence-corrected chi connectivity index (χ3v) is 3.31. The molecule has 0 aliphatic carbocycles. The average molecular weight is 229 g/mol. The van der Waals surface area contributed by atoms with Crippen molar-refractivity contribution in [2.75, 3.05) is 12.4 Å². The Morgan fingerprint density at radius 1 is 1.47 bits per heavy atom. The number of allylic oxidation sites excluding steroid dienone is 2. The van der Waals surface area contributed by atoms with Crippen LogP contribution in [0.5, 0.6) is 0 Å². The maximum Gasteiger partial charge on any atom is 0.0343 e. The first-order valence-electron chi connectivity index (χ1n) is 6.24. The van der Waals surface area contributed by atoms with Gasteiger partial charge in [0.15, 0.2) is 0 Å². The molecule has 0 spiro atoms. The summed E-state index contributed by atoms with van der Waals surface area (Å²) in [6.45, 7) is 10.5. The fourth-order valence-corrected chi connectivity index (χ4v) is 1.77. The van der Waals surface area contributed by atoms with E-state index in [1.54, 1.807) is 0 Å². The molecule has 0 aliphatic heterocycles. The number of anilines is 1. The highest BCUT2D eigenvalue weighted by molar-refractivity contribution is 5.64. The summed E-state index contributed by atoms with van der Waals surface area (Å²) < 4.78 is 0. The fourth-order valence-electron chi connectivity index (χ4n) is 1.77. The number of aryl methyl sites for hydroxylation is 1. The van der Waals surface area contributed by atoms with Crippen molar-refractivity contribution in [2.24, 2.45) is 5.92 Å². The molecular formula is C16H23N. The van der Waals surface area contributed by atoms with E-state index in [4.69, 9.17) is 0 Å². The third-order valence-electron chi connectivity index (χ3n) is 3.31. The number of hydrogen-bond donors (Lipinski definition) is 1. The third kappa shape index (κ3) is 3.48. The normalized spacial score (nSPS) is 13.3. The number of nitrogens with one attached hydrogen (secondary N) is 1. The molecule has 1 nitrogen and oxygen atoms in total. The molecule has 92 valence electrons. The monoisotopic (exact) mass is 229 g/mol. The molecule has 17 heavy (non-hydrogen) atoms. The van der Waals surface area contributed by atoms with Gasteiger partial charge in [-0.05, 0) is 48.1 Å². The summed E-state index contributed by atoms with van der Waals surface area (Å²) in [4.78, 5) is 0. The molecule has 0 saturated carbocycles. The van der Waals surface area contributed by atoms with E-state index in [9.17, 15) is 0 Å². The minimum atomic E-state index is 0.560. The van der Waals surface area contributed by atoms with Gasteiger partial charge in [-0.15, -0.1) is 0 Å². The second kappa shape index (κ2) is 6.29. The fraction of sp³-hybridized carbons (Fsp3) is 0.375. The predicted octanol–water partition coefficient (Wildman–Crippen LogP) is 4.65. The van der Waals surface area contributed by atoms with E-state index < -0.39 is 0 Å². The Morgan fingerprint density at radius 2 is 2.18 bits per heavy atom. The Bertz CT molecular complexity index is 416. The highest BCUT2D eigenvalue weighted by atomic mass is 14.8. The molecule has 0 radical (unpaired) electrons. The summed E-state index contributed by atoms with van der Waals surface area (Å²) in [5.41, 5.74) is 5.02.